The molecule has 8 nitrogen and oxygen atoms in total. The van der Waals surface area contributed by atoms with Crippen molar-refractivity contribution in [1.29, 1.82) is 5.26 Å². The number of rotatable bonds is 8. The molecule has 2 aliphatic carbocycles. The average Bonchev–Trinajstić information content (AvgIpc) is 3.44. The van der Waals surface area contributed by atoms with Crippen LogP contribution in [-0.4, -0.2) is 36.8 Å². The summed E-state index contributed by atoms with van der Waals surface area (Å²) in [4.78, 5) is 24.8. The Balaban J connectivity index is 1.74. The molecule has 2 saturated carbocycles. The van der Waals surface area contributed by atoms with E-state index in [1.165, 1.54) is 18.2 Å². The average molecular weight is 572 g/mol. The molecule has 12 heteroatoms. The largest absolute Gasteiger partial charge is 0.481 e. The third-order valence-corrected chi connectivity index (χ3v) is 10.4. The molecule has 190 valence electrons. The summed E-state index contributed by atoms with van der Waals surface area (Å²) in [6, 6.07) is 12.5. The molecular weight excluding hydrogens is 551 g/mol. The standard InChI is InChI=1S/C24H21Cl3N2O6S/c25-14-3-1-13(2-4-14)11-35-20-8-16(36(33,34)18-6-5-15(26)7-17(18)27)9-24(20,22(31)32)19-10-23(19,12-28)21(29)30/h1-7,16,19-20H,8-11H2,(H2,29,30)(H,31,32)/t16-,19?,20+,23?,24+/m0/s1. The van der Waals surface area contributed by atoms with Crippen LogP contribution in [0.3, 0.4) is 0 Å². The summed E-state index contributed by atoms with van der Waals surface area (Å²) in [7, 11) is -4.13. The molecule has 0 aliphatic heterocycles. The van der Waals surface area contributed by atoms with Crippen molar-refractivity contribution >= 4 is 56.5 Å². The van der Waals surface area contributed by atoms with Crippen molar-refractivity contribution in [2.75, 3.05) is 0 Å². The van der Waals surface area contributed by atoms with E-state index < -0.39 is 49.8 Å². The lowest BCUT2D eigenvalue weighted by molar-refractivity contribution is -0.161. The Bertz CT molecular complexity index is 1380. The van der Waals surface area contributed by atoms with Gasteiger partial charge < -0.3 is 15.6 Å². The quantitative estimate of drug-likeness (QED) is 0.481. The number of carboxylic acids is 1. The van der Waals surface area contributed by atoms with Crippen LogP contribution >= 0.6 is 34.8 Å². The van der Waals surface area contributed by atoms with Crippen molar-refractivity contribution < 1.29 is 27.9 Å². The molecule has 0 heterocycles. The maximum absolute atomic E-state index is 13.6. The molecule has 3 N–H and O–H groups in total. The number of benzene rings is 2. The van der Waals surface area contributed by atoms with Crippen molar-refractivity contribution in [3.63, 3.8) is 0 Å². The number of carbonyl (C=O) groups is 2. The van der Waals surface area contributed by atoms with Crippen molar-refractivity contribution in [2.24, 2.45) is 22.5 Å². The molecule has 2 fully saturated rings. The van der Waals surface area contributed by atoms with Crippen LogP contribution in [0.15, 0.2) is 47.4 Å². The van der Waals surface area contributed by atoms with Gasteiger partial charge in [0.05, 0.1) is 33.9 Å². The fourth-order valence-electron chi connectivity index (χ4n) is 5.23. The first-order valence-electron chi connectivity index (χ1n) is 10.9. The van der Waals surface area contributed by atoms with Crippen molar-refractivity contribution in [3.05, 3.63) is 63.1 Å². The lowest BCUT2D eigenvalue weighted by Gasteiger charge is -2.32. The number of amides is 1. The number of carbonyl (C=O) groups excluding carboxylic acids is 1. The molecule has 0 radical (unpaired) electrons. The molecule has 4 rings (SSSR count). The monoisotopic (exact) mass is 570 g/mol. The Morgan fingerprint density at radius 1 is 1.11 bits per heavy atom. The molecule has 2 aromatic carbocycles. The lowest BCUT2D eigenvalue weighted by atomic mass is 9.75. The van der Waals surface area contributed by atoms with Crippen LogP contribution in [0.1, 0.15) is 24.8 Å². The van der Waals surface area contributed by atoms with E-state index in [0.717, 1.165) is 0 Å². The van der Waals surface area contributed by atoms with Gasteiger partial charge in [-0.2, -0.15) is 5.26 Å². The van der Waals surface area contributed by atoms with Gasteiger partial charge in [0.2, 0.25) is 5.91 Å². The minimum atomic E-state index is -4.13. The molecule has 36 heavy (non-hydrogen) atoms. The number of aliphatic carboxylic acids is 1. The number of hydrogen-bond acceptors (Lipinski definition) is 6. The number of primary amides is 1. The van der Waals surface area contributed by atoms with Gasteiger partial charge in [0.15, 0.2) is 9.84 Å². The highest BCUT2D eigenvalue weighted by Gasteiger charge is 2.75. The van der Waals surface area contributed by atoms with E-state index in [4.69, 9.17) is 45.3 Å². The van der Waals surface area contributed by atoms with Crippen molar-refractivity contribution in [3.8, 4) is 6.07 Å². The highest BCUT2D eigenvalue weighted by atomic mass is 35.5. The minimum Gasteiger partial charge on any atom is -0.481 e. The summed E-state index contributed by atoms with van der Waals surface area (Å²) in [6.45, 7) is -0.0336. The second-order valence-electron chi connectivity index (χ2n) is 9.16. The van der Waals surface area contributed by atoms with E-state index in [-0.39, 0.29) is 40.8 Å². The maximum atomic E-state index is 13.6. The number of sulfone groups is 1. The number of nitrogens with zero attached hydrogens (tertiary/aromatic N) is 1. The smallest absolute Gasteiger partial charge is 0.312 e. The van der Waals surface area contributed by atoms with Crippen molar-refractivity contribution in [2.45, 2.75) is 42.1 Å². The molecule has 0 bridgehead atoms. The second kappa shape index (κ2) is 9.51. The number of nitriles is 1. The number of carboxylic acid groups (broad SMARTS) is 1. The van der Waals surface area contributed by atoms with Gasteiger partial charge in [0.1, 0.15) is 10.8 Å². The Morgan fingerprint density at radius 3 is 2.28 bits per heavy atom. The normalized spacial score (nSPS) is 29.4. The molecule has 2 aliphatic rings. The van der Waals surface area contributed by atoms with Crippen LogP contribution in [0.5, 0.6) is 0 Å². The van der Waals surface area contributed by atoms with Gasteiger partial charge in [-0.3, -0.25) is 9.59 Å². The summed E-state index contributed by atoms with van der Waals surface area (Å²) in [5.74, 6) is -3.31. The van der Waals surface area contributed by atoms with Gasteiger partial charge in [-0.1, -0.05) is 46.9 Å². The van der Waals surface area contributed by atoms with Crippen LogP contribution in [-0.2, 0) is 30.8 Å². The lowest BCUT2D eigenvalue weighted by Crippen LogP contribution is -2.45. The fourth-order valence-corrected chi connectivity index (χ4v) is 7.96. The zero-order chi connectivity index (χ0) is 26.5. The zero-order valence-corrected chi connectivity index (χ0v) is 21.7. The van der Waals surface area contributed by atoms with Crippen LogP contribution in [0, 0.1) is 28.1 Å². The van der Waals surface area contributed by atoms with Crippen molar-refractivity contribution in [1.82, 2.24) is 0 Å². The molecule has 2 aromatic rings. The van der Waals surface area contributed by atoms with E-state index >= 15 is 0 Å². The number of halogens is 3. The third-order valence-electron chi connectivity index (χ3n) is 7.24. The fraction of sp³-hybridized carbons (Fsp3) is 0.375. The van der Waals surface area contributed by atoms with E-state index in [2.05, 4.69) is 0 Å². The molecule has 0 spiro atoms. The molecule has 0 aromatic heterocycles. The topological polar surface area (TPSA) is 148 Å². The summed E-state index contributed by atoms with van der Waals surface area (Å²) in [6.07, 6.45) is -1.79. The number of ether oxygens (including phenoxy) is 1. The Labute approximate surface area is 222 Å². The first-order valence-corrected chi connectivity index (χ1v) is 13.6. The second-order valence-corrected chi connectivity index (χ2v) is 12.6. The molecule has 0 saturated heterocycles. The summed E-state index contributed by atoms with van der Waals surface area (Å²) < 4.78 is 33.2. The number of nitrogens with two attached hydrogens (primary N) is 1. The SMILES string of the molecule is N#CC1(C(N)=O)CC1[C@]1(C(=O)O)C[C@@H](S(=O)(=O)c2ccc(Cl)cc2Cl)C[C@H]1OCc1ccc(Cl)cc1. The van der Waals surface area contributed by atoms with E-state index in [0.29, 0.717) is 10.6 Å². The zero-order valence-electron chi connectivity index (χ0n) is 18.7. The predicted octanol–water partition coefficient (Wildman–Crippen LogP) is 4.25. The first-order chi connectivity index (χ1) is 16.9. The Morgan fingerprint density at radius 2 is 1.75 bits per heavy atom. The summed E-state index contributed by atoms with van der Waals surface area (Å²) in [5, 5.41) is 19.6. The van der Waals surface area contributed by atoms with Gasteiger partial charge in [0, 0.05) is 16.0 Å². The predicted molar refractivity (Wildman–Crippen MR) is 132 cm³/mol. The molecule has 1 amide bonds. The Hall–Kier alpha value is -2.35. The Kier molecular flexibility index (Phi) is 7.05. The van der Waals surface area contributed by atoms with E-state index in [9.17, 15) is 28.4 Å². The molecule has 5 atom stereocenters. The van der Waals surface area contributed by atoms with Gasteiger partial charge in [-0.25, -0.2) is 8.42 Å². The molecule has 2 unspecified atom stereocenters. The summed E-state index contributed by atoms with van der Waals surface area (Å²) in [5.41, 5.74) is 2.61. The van der Waals surface area contributed by atoms with Crippen LogP contribution in [0.2, 0.25) is 15.1 Å². The first kappa shape index (κ1) is 26.7. The third kappa shape index (κ3) is 4.35. The van der Waals surface area contributed by atoms with E-state index in [1.54, 1.807) is 24.3 Å². The van der Waals surface area contributed by atoms with Crippen LogP contribution in [0.25, 0.3) is 0 Å². The molecular formula is C24H21Cl3N2O6S. The van der Waals surface area contributed by atoms with Gasteiger partial charge in [-0.05, 0) is 55.2 Å². The van der Waals surface area contributed by atoms with Gasteiger partial charge >= 0.3 is 5.97 Å². The van der Waals surface area contributed by atoms with Crippen LogP contribution in [0.4, 0.5) is 0 Å². The maximum Gasteiger partial charge on any atom is 0.312 e. The number of hydrogen-bond donors (Lipinski definition) is 2. The highest BCUT2D eigenvalue weighted by Crippen LogP contribution is 2.67. The van der Waals surface area contributed by atoms with E-state index in [1.807, 2.05) is 6.07 Å². The minimum absolute atomic E-state index is 0.0336. The van der Waals surface area contributed by atoms with Gasteiger partial charge in [-0.15, -0.1) is 0 Å². The summed E-state index contributed by atoms with van der Waals surface area (Å²) >= 11 is 18.0. The highest BCUT2D eigenvalue weighted by molar-refractivity contribution is 7.92. The van der Waals surface area contributed by atoms with Crippen LogP contribution < -0.4 is 5.73 Å². The van der Waals surface area contributed by atoms with Gasteiger partial charge in [0.25, 0.3) is 0 Å².